The first kappa shape index (κ1) is 21.4. The number of aromatic nitrogens is 2. The van der Waals surface area contributed by atoms with Crippen LogP contribution in [0.1, 0.15) is 80.5 Å². The van der Waals surface area contributed by atoms with Gasteiger partial charge in [0.2, 0.25) is 0 Å². The second-order valence-electron chi connectivity index (χ2n) is 7.69. The zero-order valence-corrected chi connectivity index (χ0v) is 17.7. The maximum absolute atomic E-state index is 12.2. The third-order valence-corrected chi connectivity index (χ3v) is 4.47. The molecule has 2 rings (SSSR count). The normalized spacial score (nSPS) is 11.5. The average Bonchev–Trinajstić information content (AvgIpc) is 2.59. The Kier molecular flexibility index (Phi) is 7.37. The summed E-state index contributed by atoms with van der Waals surface area (Å²) >= 11 is 6.40. The molecule has 1 aromatic heterocycles. The maximum Gasteiger partial charge on any atom is 0.338 e. The molecule has 0 aliphatic rings. The van der Waals surface area contributed by atoms with Gasteiger partial charge in [-0.05, 0) is 51.3 Å². The third-order valence-electron chi connectivity index (χ3n) is 4.16. The van der Waals surface area contributed by atoms with E-state index < -0.39 is 5.60 Å². The number of esters is 1. The molecule has 1 aromatic carbocycles. The molecule has 1 heterocycles. The van der Waals surface area contributed by atoms with Crippen LogP contribution in [0.3, 0.4) is 0 Å². The highest BCUT2D eigenvalue weighted by Crippen LogP contribution is 2.22. The Bertz CT molecular complexity index is 780. The van der Waals surface area contributed by atoms with Crippen LogP contribution in [0.15, 0.2) is 24.3 Å². The lowest BCUT2D eigenvalue weighted by atomic mass is 10.0. The van der Waals surface area contributed by atoms with Gasteiger partial charge in [-0.15, -0.1) is 0 Å². The lowest BCUT2D eigenvalue weighted by molar-refractivity contribution is 0.00695. The molecule has 4 nitrogen and oxygen atoms in total. The number of hydrogen-bond acceptors (Lipinski definition) is 4. The summed E-state index contributed by atoms with van der Waals surface area (Å²) in [6.07, 6.45) is 4.44. The molecule has 146 valence electrons. The lowest BCUT2D eigenvalue weighted by Crippen LogP contribution is -2.23. The fourth-order valence-corrected chi connectivity index (χ4v) is 3.12. The van der Waals surface area contributed by atoms with Gasteiger partial charge in [-0.1, -0.05) is 44.0 Å². The molecule has 2 aromatic rings. The van der Waals surface area contributed by atoms with Crippen molar-refractivity contribution in [2.45, 2.75) is 72.3 Å². The zero-order chi connectivity index (χ0) is 20.0. The minimum atomic E-state index is -0.502. The first-order chi connectivity index (χ1) is 12.7. The van der Waals surface area contributed by atoms with Crippen molar-refractivity contribution in [2.75, 3.05) is 0 Å². The largest absolute Gasteiger partial charge is 0.456 e. The predicted octanol–water partition coefficient (Wildman–Crippen LogP) is 5.58. The van der Waals surface area contributed by atoms with Gasteiger partial charge in [-0.2, -0.15) is 0 Å². The summed E-state index contributed by atoms with van der Waals surface area (Å²) in [4.78, 5) is 21.4. The Labute approximate surface area is 167 Å². The minimum absolute atomic E-state index is 0.310. The molecule has 0 atom stereocenters. The van der Waals surface area contributed by atoms with Gasteiger partial charge in [0, 0.05) is 18.4 Å². The number of carbonyl (C=O) groups is 1. The molecule has 0 bridgehead atoms. The number of unbranched alkanes of at least 4 members (excludes halogenated alkanes) is 1. The molecular weight excluding hydrogens is 360 g/mol. The van der Waals surface area contributed by atoms with Gasteiger partial charge < -0.3 is 4.74 Å². The van der Waals surface area contributed by atoms with Crippen LogP contribution in [-0.2, 0) is 24.0 Å². The molecule has 0 radical (unpaired) electrons. The summed E-state index contributed by atoms with van der Waals surface area (Å²) in [6, 6.07) is 7.49. The molecule has 0 aliphatic heterocycles. The highest BCUT2D eigenvalue weighted by atomic mass is 35.5. The van der Waals surface area contributed by atoms with E-state index in [9.17, 15) is 4.79 Å². The highest BCUT2D eigenvalue weighted by Gasteiger charge is 2.18. The third kappa shape index (κ3) is 6.31. The molecule has 0 spiro atoms. The van der Waals surface area contributed by atoms with Crippen LogP contribution in [0.2, 0.25) is 5.15 Å². The lowest BCUT2D eigenvalue weighted by Gasteiger charge is -2.19. The van der Waals surface area contributed by atoms with Crippen molar-refractivity contribution < 1.29 is 9.53 Å². The summed E-state index contributed by atoms with van der Waals surface area (Å²) < 4.78 is 5.41. The number of ether oxygens (including phenoxy) is 1. The van der Waals surface area contributed by atoms with Crippen molar-refractivity contribution in [2.24, 2.45) is 0 Å². The van der Waals surface area contributed by atoms with Crippen LogP contribution >= 0.6 is 11.6 Å². The summed E-state index contributed by atoms with van der Waals surface area (Å²) in [5, 5.41) is 0.555. The van der Waals surface area contributed by atoms with E-state index in [-0.39, 0.29) is 5.97 Å². The van der Waals surface area contributed by atoms with Gasteiger partial charge >= 0.3 is 5.97 Å². The molecule has 0 fully saturated rings. The van der Waals surface area contributed by atoms with Crippen molar-refractivity contribution in [3.8, 4) is 0 Å². The Hall–Kier alpha value is -1.94. The van der Waals surface area contributed by atoms with Crippen molar-refractivity contribution in [3.05, 3.63) is 57.6 Å². The zero-order valence-electron chi connectivity index (χ0n) is 16.9. The van der Waals surface area contributed by atoms with E-state index in [0.717, 1.165) is 48.3 Å². The average molecular weight is 389 g/mol. The Morgan fingerprint density at radius 3 is 2.33 bits per heavy atom. The second kappa shape index (κ2) is 9.32. The van der Waals surface area contributed by atoms with Crippen LogP contribution in [0, 0.1) is 0 Å². The molecule has 27 heavy (non-hydrogen) atoms. The van der Waals surface area contributed by atoms with Crippen molar-refractivity contribution >= 4 is 17.6 Å². The smallest absolute Gasteiger partial charge is 0.338 e. The molecule has 0 saturated carbocycles. The van der Waals surface area contributed by atoms with Crippen LogP contribution in [0.25, 0.3) is 0 Å². The van der Waals surface area contributed by atoms with E-state index in [4.69, 9.17) is 21.3 Å². The standard InChI is InChI=1S/C22H29ClN2O2/c1-6-8-9-19-24-18(17(7-2)20(23)25-19)14-15-10-12-16(13-11-15)21(26)27-22(3,4)5/h10-13H,6-9,14H2,1-5H3. The Morgan fingerprint density at radius 1 is 1.11 bits per heavy atom. The first-order valence-corrected chi connectivity index (χ1v) is 9.97. The second-order valence-corrected chi connectivity index (χ2v) is 8.05. The quantitative estimate of drug-likeness (QED) is 0.458. The van der Waals surface area contributed by atoms with E-state index in [2.05, 4.69) is 18.8 Å². The highest BCUT2D eigenvalue weighted by molar-refractivity contribution is 6.30. The van der Waals surface area contributed by atoms with E-state index >= 15 is 0 Å². The number of rotatable bonds is 7. The molecule has 0 saturated heterocycles. The fraction of sp³-hybridized carbons (Fsp3) is 0.500. The number of halogens is 1. The summed E-state index contributed by atoms with van der Waals surface area (Å²) in [6.45, 7) is 9.79. The Morgan fingerprint density at radius 2 is 1.78 bits per heavy atom. The maximum atomic E-state index is 12.2. The first-order valence-electron chi connectivity index (χ1n) is 9.60. The van der Waals surface area contributed by atoms with Gasteiger partial charge in [0.15, 0.2) is 0 Å². The van der Waals surface area contributed by atoms with Gasteiger partial charge in [0.05, 0.1) is 11.3 Å². The van der Waals surface area contributed by atoms with Crippen molar-refractivity contribution in [1.82, 2.24) is 9.97 Å². The van der Waals surface area contributed by atoms with Crippen LogP contribution < -0.4 is 0 Å². The molecule has 5 heteroatoms. The molecule has 0 unspecified atom stereocenters. The van der Waals surface area contributed by atoms with Gasteiger partial charge in [0.25, 0.3) is 0 Å². The number of hydrogen-bond donors (Lipinski definition) is 0. The van der Waals surface area contributed by atoms with E-state index in [0.29, 0.717) is 17.1 Å². The number of aryl methyl sites for hydroxylation is 1. The van der Waals surface area contributed by atoms with E-state index in [1.807, 2.05) is 32.9 Å². The molecule has 0 aliphatic carbocycles. The predicted molar refractivity (Wildman–Crippen MR) is 109 cm³/mol. The monoisotopic (exact) mass is 388 g/mol. The van der Waals surface area contributed by atoms with Crippen LogP contribution in [0.4, 0.5) is 0 Å². The number of benzene rings is 1. The fourth-order valence-electron chi connectivity index (χ4n) is 2.78. The minimum Gasteiger partial charge on any atom is -0.456 e. The number of nitrogens with zero attached hydrogens (tertiary/aromatic N) is 2. The van der Waals surface area contributed by atoms with Gasteiger partial charge in [0.1, 0.15) is 16.6 Å². The van der Waals surface area contributed by atoms with E-state index in [1.54, 1.807) is 12.1 Å². The molecule has 0 amide bonds. The number of carbonyl (C=O) groups excluding carboxylic acids is 1. The topological polar surface area (TPSA) is 52.1 Å². The summed E-state index contributed by atoms with van der Waals surface area (Å²) in [5.74, 6) is 0.495. The Balaban J connectivity index is 2.21. The van der Waals surface area contributed by atoms with Gasteiger partial charge in [-0.3, -0.25) is 0 Å². The van der Waals surface area contributed by atoms with Crippen molar-refractivity contribution in [1.29, 1.82) is 0 Å². The SMILES string of the molecule is CCCCc1nc(Cl)c(CC)c(Cc2ccc(C(=O)OC(C)(C)C)cc2)n1. The molecular formula is C22H29ClN2O2. The van der Waals surface area contributed by atoms with Crippen molar-refractivity contribution in [3.63, 3.8) is 0 Å². The van der Waals surface area contributed by atoms with Crippen LogP contribution in [0.5, 0.6) is 0 Å². The van der Waals surface area contributed by atoms with E-state index in [1.165, 1.54) is 0 Å². The molecule has 0 N–H and O–H groups in total. The van der Waals surface area contributed by atoms with Gasteiger partial charge in [-0.25, -0.2) is 14.8 Å². The summed E-state index contributed by atoms with van der Waals surface area (Å²) in [7, 11) is 0. The van der Waals surface area contributed by atoms with Crippen LogP contribution in [-0.4, -0.2) is 21.5 Å². The summed E-state index contributed by atoms with van der Waals surface area (Å²) in [5.41, 5.74) is 3.09.